The summed E-state index contributed by atoms with van der Waals surface area (Å²) < 4.78 is 5.75. The van der Waals surface area contributed by atoms with Crippen molar-refractivity contribution >= 4 is 17.3 Å². The van der Waals surface area contributed by atoms with Gasteiger partial charge in [0.1, 0.15) is 11.5 Å². The van der Waals surface area contributed by atoms with Gasteiger partial charge in [-0.2, -0.15) is 0 Å². The molecule has 0 heterocycles. The molecule has 1 unspecified atom stereocenters. The standard InChI is InChI=1S/C15H18ClN3O/c1-4-14(9-8-11(2)16)20-15-7-5-6-13(10-15)12(3)18-19-17/h4-11H,3H2,1-2H3,(H2,17,18)/b9-8-,14-4+. The molecular weight excluding hydrogens is 274 g/mol. The summed E-state index contributed by atoms with van der Waals surface area (Å²) in [4.78, 5) is 0. The zero-order valence-electron chi connectivity index (χ0n) is 11.6. The van der Waals surface area contributed by atoms with Gasteiger partial charge < -0.3 is 10.6 Å². The number of allylic oxidation sites excluding steroid dienone is 3. The highest BCUT2D eigenvalue weighted by molar-refractivity contribution is 6.21. The van der Waals surface area contributed by atoms with Gasteiger partial charge in [0.05, 0.1) is 5.70 Å². The van der Waals surface area contributed by atoms with Gasteiger partial charge in [-0.1, -0.05) is 30.0 Å². The number of benzene rings is 1. The van der Waals surface area contributed by atoms with Crippen LogP contribution in [0, 0.1) is 0 Å². The van der Waals surface area contributed by atoms with Crippen molar-refractivity contribution in [3.63, 3.8) is 0 Å². The lowest BCUT2D eigenvalue weighted by molar-refractivity contribution is 0.443. The second-order valence-electron chi connectivity index (χ2n) is 4.02. The van der Waals surface area contributed by atoms with Crippen LogP contribution in [0.15, 0.2) is 65.2 Å². The maximum atomic E-state index is 5.87. The predicted octanol–water partition coefficient (Wildman–Crippen LogP) is 4.45. The number of rotatable bonds is 6. The van der Waals surface area contributed by atoms with Crippen LogP contribution in [0.25, 0.3) is 5.70 Å². The van der Waals surface area contributed by atoms with Gasteiger partial charge in [0, 0.05) is 10.9 Å². The van der Waals surface area contributed by atoms with Crippen molar-refractivity contribution in [3.05, 3.63) is 60.4 Å². The summed E-state index contributed by atoms with van der Waals surface area (Å²) in [6.45, 7) is 7.55. The number of alkyl halides is 1. The van der Waals surface area contributed by atoms with Crippen molar-refractivity contribution in [2.45, 2.75) is 19.2 Å². The Kier molecular flexibility index (Phi) is 6.53. The first-order chi connectivity index (χ1) is 9.56. The highest BCUT2D eigenvalue weighted by Crippen LogP contribution is 2.22. The second kappa shape index (κ2) is 8.17. The van der Waals surface area contributed by atoms with Crippen molar-refractivity contribution < 1.29 is 4.74 Å². The Bertz CT molecular complexity index is 548. The van der Waals surface area contributed by atoms with E-state index in [1.165, 1.54) is 0 Å². The van der Waals surface area contributed by atoms with Crippen LogP contribution in [0.3, 0.4) is 0 Å². The molecule has 0 aromatic heterocycles. The lowest BCUT2D eigenvalue weighted by atomic mass is 10.2. The Labute approximate surface area is 124 Å². The zero-order valence-corrected chi connectivity index (χ0v) is 12.3. The van der Waals surface area contributed by atoms with E-state index in [1.54, 1.807) is 0 Å². The number of hydrogen-bond donors (Lipinski definition) is 1. The molecule has 2 N–H and O–H groups in total. The lowest BCUT2D eigenvalue weighted by Crippen LogP contribution is -1.94. The molecule has 0 aliphatic heterocycles. The molecule has 5 heteroatoms. The quantitative estimate of drug-likeness (QED) is 0.210. The highest BCUT2D eigenvalue weighted by atomic mass is 35.5. The zero-order chi connectivity index (χ0) is 15.0. The van der Waals surface area contributed by atoms with E-state index >= 15 is 0 Å². The molecule has 0 aliphatic rings. The Hall–Kier alpha value is -2.07. The van der Waals surface area contributed by atoms with E-state index in [4.69, 9.17) is 22.2 Å². The number of hydrogen-bond acceptors (Lipinski definition) is 3. The van der Waals surface area contributed by atoms with Gasteiger partial charge in [-0.05, 0) is 38.1 Å². The third-order valence-corrected chi connectivity index (χ3v) is 2.54. The van der Waals surface area contributed by atoms with Crippen LogP contribution < -0.4 is 10.6 Å². The minimum absolute atomic E-state index is 0.0513. The Morgan fingerprint density at radius 1 is 1.50 bits per heavy atom. The molecule has 0 aliphatic carbocycles. The third-order valence-electron chi connectivity index (χ3n) is 2.39. The number of ether oxygens (including phenoxy) is 1. The van der Waals surface area contributed by atoms with E-state index in [0.29, 0.717) is 17.2 Å². The molecule has 4 nitrogen and oxygen atoms in total. The smallest absolute Gasteiger partial charge is 0.128 e. The normalized spacial score (nSPS) is 13.8. The Morgan fingerprint density at radius 3 is 2.85 bits per heavy atom. The molecule has 1 atom stereocenters. The summed E-state index contributed by atoms with van der Waals surface area (Å²) >= 11 is 5.87. The van der Waals surface area contributed by atoms with Gasteiger partial charge in [-0.15, -0.1) is 16.7 Å². The molecule has 0 radical (unpaired) electrons. The summed E-state index contributed by atoms with van der Waals surface area (Å²) in [5.41, 5.74) is 1.27. The molecule has 20 heavy (non-hydrogen) atoms. The van der Waals surface area contributed by atoms with Crippen molar-refractivity contribution in [2.75, 3.05) is 0 Å². The summed E-state index contributed by atoms with van der Waals surface area (Å²) in [5.74, 6) is 6.40. The average molecular weight is 292 g/mol. The molecule has 0 bridgehead atoms. The molecule has 0 saturated heterocycles. The third kappa shape index (κ3) is 5.28. The van der Waals surface area contributed by atoms with Crippen molar-refractivity contribution in [1.29, 1.82) is 0 Å². The maximum absolute atomic E-state index is 5.87. The SMILES string of the molecule is C=C(N=NN)c1cccc(OC(/C=C\C(C)Cl)=C/C)c1. The highest BCUT2D eigenvalue weighted by Gasteiger charge is 2.02. The predicted molar refractivity (Wildman–Crippen MR) is 83.4 cm³/mol. The minimum atomic E-state index is -0.0513. The van der Waals surface area contributed by atoms with Crippen molar-refractivity contribution in [1.82, 2.24) is 0 Å². The van der Waals surface area contributed by atoms with E-state index in [-0.39, 0.29) is 5.38 Å². The van der Waals surface area contributed by atoms with Crippen molar-refractivity contribution in [2.24, 2.45) is 16.2 Å². The first-order valence-electron chi connectivity index (χ1n) is 6.13. The number of nitrogens with two attached hydrogens (primary N) is 1. The van der Waals surface area contributed by atoms with E-state index in [1.807, 2.05) is 56.3 Å². The van der Waals surface area contributed by atoms with Gasteiger partial charge in [-0.25, -0.2) is 0 Å². The lowest BCUT2D eigenvalue weighted by Gasteiger charge is -2.08. The molecule has 106 valence electrons. The summed E-state index contributed by atoms with van der Waals surface area (Å²) in [7, 11) is 0. The Morgan fingerprint density at radius 2 is 2.25 bits per heavy atom. The monoisotopic (exact) mass is 291 g/mol. The molecule has 1 aromatic carbocycles. The fraction of sp³-hybridized carbons (Fsp3) is 0.200. The number of halogens is 1. The van der Waals surface area contributed by atoms with E-state index in [9.17, 15) is 0 Å². The van der Waals surface area contributed by atoms with Gasteiger partial charge in [0.2, 0.25) is 0 Å². The first-order valence-corrected chi connectivity index (χ1v) is 6.57. The van der Waals surface area contributed by atoms with Crippen LogP contribution in [-0.4, -0.2) is 5.38 Å². The molecule has 0 fully saturated rings. The molecule has 1 rings (SSSR count). The van der Waals surface area contributed by atoms with Gasteiger partial charge in [-0.3, -0.25) is 0 Å². The van der Waals surface area contributed by atoms with E-state index in [2.05, 4.69) is 16.9 Å². The minimum Gasteiger partial charge on any atom is -0.458 e. The first kappa shape index (κ1) is 16.0. The van der Waals surface area contributed by atoms with E-state index in [0.717, 1.165) is 5.56 Å². The topological polar surface area (TPSA) is 60.0 Å². The summed E-state index contributed by atoms with van der Waals surface area (Å²) in [6, 6.07) is 7.37. The van der Waals surface area contributed by atoms with Crippen LogP contribution >= 0.6 is 11.6 Å². The number of nitrogens with zero attached hydrogens (tertiary/aromatic N) is 2. The Balaban J connectivity index is 2.87. The van der Waals surface area contributed by atoms with Crippen LogP contribution in [0.4, 0.5) is 0 Å². The molecule has 0 saturated carbocycles. The van der Waals surface area contributed by atoms with Gasteiger partial charge >= 0.3 is 0 Å². The second-order valence-corrected chi connectivity index (χ2v) is 4.71. The largest absolute Gasteiger partial charge is 0.458 e. The summed E-state index contributed by atoms with van der Waals surface area (Å²) in [5, 5.41) is 6.87. The molecular formula is C15H18ClN3O. The van der Waals surface area contributed by atoms with Gasteiger partial charge in [0.15, 0.2) is 0 Å². The summed E-state index contributed by atoms with van der Waals surface area (Å²) in [6.07, 6.45) is 5.54. The maximum Gasteiger partial charge on any atom is 0.128 e. The van der Waals surface area contributed by atoms with Crippen LogP contribution in [0.1, 0.15) is 19.4 Å². The average Bonchev–Trinajstić information content (AvgIpc) is 2.43. The molecule has 0 spiro atoms. The molecule has 1 aromatic rings. The van der Waals surface area contributed by atoms with Gasteiger partial charge in [0.25, 0.3) is 0 Å². The fourth-order valence-electron chi connectivity index (χ4n) is 1.42. The van der Waals surface area contributed by atoms with Crippen LogP contribution in [0.5, 0.6) is 5.75 Å². The van der Waals surface area contributed by atoms with Crippen LogP contribution in [-0.2, 0) is 0 Å². The van der Waals surface area contributed by atoms with Crippen LogP contribution in [0.2, 0.25) is 0 Å². The van der Waals surface area contributed by atoms with E-state index < -0.39 is 0 Å². The fourth-order valence-corrected chi connectivity index (χ4v) is 1.49. The van der Waals surface area contributed by atoms with Crippen molar-refractivity contribution in [3.8, 4) is 5.75 Å². The molecule has 0 amide bonds.